The zero-order valence-electron chi connectivity index (χ0n) is 10.8. The van der Waals surface area contributed by atoms with Crippen molar-refractivity contribution < 1.29 is 19.4 Å². The van der Waals surface area contributed by atoms with Crippen LogP contribution in [0, 0.1) is 11.7 Å². The Bertz CT molecular complexity index is 472. The largest absolute Gasteiger partial charge is 0.504 e. The molecule has 5 heteroatoms. The lowest BCUT2D eigenvalue weighted by atomic mass is 9.76. The van der Waals surface area contributed by atoms with Crippen LogP contribution in [0.1, 0.15) is 36.5 Å². The number of carbonyl (C=O) groups excluding carboxylic acids is 1. The molecule has 3 N–H and O–H groups in total. The number of phenolic OH excluding ortho intramolecular Hbond substituents is 1. The maximum atomic E-state index is 13.2. The van der Waals surface area contributed by atoms with Crippen LogP contribution in [-0.2, 0) is 0 Å². The summed E-state index contributed by atoms with van der Waals surface area (Å²) in [5.74, 6) is -1.66. The molecule has 0 spiro atoms. The van der Waals surface area contributed by atoms with E-state index in [2.05, 4.69) is 5.32 Å². The maximum Gasteiger partial charge on any atom is 0.255 e. The van der Waals surface area contributed by atoms with Gasteiger partial charge in [0.15, 0.2) is 11.6 Å². The number of aliphatic hydroxyl groups excluding tert-OH is 1. The second kappa shape index (κ2) is 5.57. The summed E-state index contributed by atoms with van der Waals surface area (Å²) in [5, 5.41) is 21.6. The molecule has 0 aromatic heterocycles. The Morgan fingerprint density at radius 2 is 2.21 bits per heavy atom. The number of nitrogens with one attached hydrogen (secondary N) is 1. The average Bonchev–Trinajstić information content (AvgIpc) is 2.35. The number of phenols is 1. The number of benzene rings is 1. The quantitative estimate of drug-likeness (QED) is 0.779. The highest BCUT2D eigenvalue weighted by atomic mass is 19.1. The first-order valence-corrected chi connectivity index (χ1v) is 6.49. The van der Waals surface area contributed by atoms with Gasteiger partial charge in [-0.3, -0.25) is 4.79 Å². The fraction of sp³-hybridized carbons (Fsp3) is 0.500. The molecule has 1 aliphatic carbocycles. The Hall–Kier alpha value is -1.62. The first-order valence-electron chi connectivity index (χ1n) is 6.49. The molecule has 0 radical (unpaired) electrons. The number of rotatable bonds is 4. The molecule has 4 nitrogen and oxygen atoms in total. The van der Waals surface area contributed by atoms with E-state index in [1.807, 2.05) is 6.92 Å². The third-order valence-corrected chi connectivity index (χ3v) is 3.71. The van der Waals surface area contributed by atoms with Gasteiger partial charge in [0, 0.05) is 6.04 Å². The summed E-state index contributed by atoms with van der Waals surface area (Å²) in [5.41, 5.74) is -0.0571. The van der Waals surface area contributed by atoms with Gasteiger partial charge in [-0.2, -0.15) is 0 Å². The highest BCUT2D eigenvalue weighted by Gasteiger charge is 2.34. The summed E-state index contributed by atoms with van der Waals surface area (Å²) in [4.78, 5) is 12.0. The standard InChI is InChI=1S/C14H18FNO3/c1-2-12(8-6-9(17)7-8)16-14(19)10-4-3-5-11(15)13(10)18/h3-5,8-9,12,17-18H,2,6-7H2,1H3,(H,16,19)/t8?,9?,12-/m0/s1. The molecule has 2 rings (SSSR count). The second-order valence-electron chi connectivity index (χ2n) is 5.01. The predicted molar refractivity (Wildman–Crippen MR) is 68.3 cm³/mol. The molecule has 0 aliphatic heterocycles. The van der Waals surface area contributed by atoms with Crippen molar-refractivity contribution in [3.63, 3.8) is 0 Å². The van der Waals surface area contributed by atoms with Crippen LogP contribution in [0.4, 0.5) is 4.39 Å². The average molecular weight is 267 g/mol. The molecule has 1 aromatic carbocycles. The van der Waals surface area contributed by atoms with Gasteiger partial charge in [-0.1, -0.05) is 13.0 Å². The highest BCUT2D eigenvalue weighted by molar-refractivity contribution is 5.97. The number of halogens is 1. The summed E-state index contributed by atoms with van der Waals surface area (Å²) in [6.45, 7) is 1.95. The number of para-hydroxylation sites is 1. The molecule has 0 saturated heterocycles. The van der Waals surface area contributed by atoms with Gasteiger partial charge >= 0.3 is 0 Å². The van der Waals surface area contributed by atoms with Crippen LogP contribution < -0.4 is 5.32 Å². The molecule has 1 saturated carbocycles. The van der Waals surface area contributed by atoms with Gasteiger partial charge in [0.25, 0.3) is 5.91 Å². The van der Waals surface area contributed by atoms with E-state index in [1.165, 1.54) is 12.1 Å². The third kappa shape index (κ3) is 2.87. The van der Waals surface area contributed by atoms with E-state index in [4.69, 9.17) is 0 Å². The Morgan fingerprint density at radius 1 is 1.53 bits per heavy atom. The van der Waals surface area contributed by atoms with Crippen molar-refractivity contribution in [2.45, 2.75) is 38.3 Å². The van der Waals surface area contributed by atoms with Crippen LogP contribution >= 0.6 is 0 Å². The minimum Gasteiger partial charge on any atom is -0.504 e. The molecule has 1 atom stereocenters. The fourth-order valence-electron chi connectivity index (χ4n) is 2.46. The molecular formula is C14H18FNO3. The number of aromatic hydroxyl groups is 1. The molecule has 1 aliphatic rings. The second-order valence-corrected chi connectivity index (χ2v) is 5.01. The molecule has 104 valence electrons. The van der Waals surface area contributed by atoms with Gasteiger partial charge < -0.3 is 15.5 Å². The van der Waals surface area contributed by atoms with Gasteiger partial charge in [0.1, 0.15) is 0 Å². The minimum atomic E-state index is -0.806. The van der Waals surface area contributed by atoms with E-state index in [9.17, 15) is 19.4 Å². The van der Waals surface area contributed by atoms with E-state index in [0.29, 0.717) is 12.8 Å². The molecule has 0 heterocycles. The molecule has 0 unspecified atom stereocenters. The Labute approximate surface area is 111 Å². The van der Waals surface area contributed by atoms with Crippen LogP contribution in [0.2, 0.25) is 0 Å². The minimum absolute atomic E-state index is 0.0569. The summed E-state index contributed by atoms with van der Waals surface area (Å²) in [7, 11) is 0. The van der Waals surface area contributed by atoms with Gasteiger partial charge in [0.2, 0.25) is 0 Å². The van der Waals surface area contributed by atoms with Crippen molar-refractivity contribution in [2.24, 2.45) is 5.92 Å². The molecule has 1 fully saturated rings. The molecule has 19 heavy (non-hydrogen) atoms. The smallest absolute Gasteiger partial charge is 0.255 e. The van der Waals surface area contributed by atoms with E-state index in [-0.39, 0.29) is 23.6 Å². The summed E-state index contributed by atoms with van der Waals surface area (Å²) >= 11 is 0. The van der Waals surface area contributed by atoms with Gasteiger partial charge in [-0.25, -0.2) is 4.39 Å². The lowest BCUT2D eigenvalue weighted by Gasteiger charge is -2.37. The molecule has 0 bridgehead atoms. The highest BCUT2D eigenvalue weighted by Crippen LogP contribution is 2.32. The molecular weight excluding hydrogens is 249 g/mol. The lowest BCUT2D eigenvalue weighted by Crippen LogP contribution is -2.46. The Morgan fingerprint density at radius 3 is 2.79 bits per heavy atom. The van der Waals surface area contributed by atoms with Crippen LogP contribution in [0.15, 0.2) is 18.2 Å². The van der Waals surface area contributed by atoms with Crippen LogP contribution in [0.3, 0.4) is 0 Å². The van der Waals surface area contributed by atoms with E-state index in [1.54, 1.807) is 0 Å². The van der Waals surface area contributed by atoms with Crippen molar-refractivity contribution in [1.82, 2.24) is 5.32 Å². The SMILES string of the molecule is CC[C@H](NC(=O)c1cccc(F)c1O)C1CC(O)C1. The fourth-order valence-corrected chi connectivity index (χ4v) is 2.46. The van der Waals surface area contributed by atoms with E-state index < -0.39 is 17.5 Å². The number of hydrogen-bond acceptors (Lipinski definition) is 3. The summed E-state index contributed by atoms with van der Waals surface area (Å²) in [6, 6.07) is 3.82. The molecule has 1 amide bonds. The summed E-state index contributed by atoms with van der Waals surface area (Å²) < 4.78 is 13.2. The Balaban J connectivity index is 2.05. The van der Waals surface area contributed by atoms with E-state index >= 15 is 0 Å². The zero-order chi connectivity index (χ0) is 14.0. The zero-order valence-corrected chi connectivity index (χ0v) is 10.8. The van der Waals surface area contributed by atoms with Crippen molar-refractivity contribution in [3.8, 4) is 5.75 Å². The normalized spacial score (nSPS) is 23.5. The van der Waals surface area contributed by atoms with Gasteiger partial charge in [0.05, 0.1) is 11.7 Å². The van der Waals surface area contributed by atoms with E-state index in [0.717, 1.165) is 12.5 Å². The summed E-state index contributed by atoms with van der Waals surface area (Å²) in [6.07, 6.45) is 1.81. The first-order chi connectivity index (χ1) is 9.02. The van der Waals surface area contributed by atoms with Gasteiger partial charge in [-0.05, 0) is 37.3 Å². The predicted octanol–water partition coefficient (Wildman–Crippen LogP) is 1.81. The van der Waals surface area contributed by atoms with Crippen molar-refractivity contribution in [1.29, 1.82) is 0 Å². The monoisotopic (exact) mass is 267 g/mol. The number of carbonyl (C=O) groups is 1. The van der Waals surface area contributed by atoms with Gasteiger partial charge in [-0.15, -0.1) is 0 Å². The van der Waals surface area contributed by atoms with Crippen molar-refractivity contribution in [2.75, 3.05) is 0 Å². The Kier molecular flexibility index (Phi) is 4.04. The number of hydrogen-bond donors (Lipinski definition) is 3. The number of aliphatic hydroxyl groups is 1. The van der Waals surface area contributed by atoms with Crippen LogP contribution in [0.25, 0.3) is 0 Å². The van der Waals surface area contributed by atoms with Crippen molar-refractivity contribution >= 4 is 5.91 Å². The third-order valence-electron chi connectivity index (χ3n) is 3.71. The lowest BCUT2D eigenvalue weighted by molar-refractivity contribution is 0.0232. The maximum absolute atomic E-state index is 13.2. The van der Waals surface area contributed by atoms with Crippen LogP contribution in [0.5, 0.6) is 5.75 Å². The van der Waals surface area contributed by atoms with Crippen molar-refractivity contribution in [3.05, 3.63) is 29.6 Å². The van der Waals surface area contributed by atoms with Crippen LogP contribution in [-0.4, -0.2) is 28.3 Å². The first kappa shape index (κ1) is 13.8. The number of amides is 1. The topological polar surface area (TPSA) is 69.6 Å². The molecule has 1 aromatic rings.